The van der Waals surface area contributed by atoms with E-state index in [1.807, 2.05) is 60.7 Å². The van der Waals surface area contributed by atoms with E-state index in [1.165, 1.54) is 0 Å². The molecular weight excluding hydrogens is 549 g/mol. The monoisotopic (exact) mass is 587 g/mol. The third kappa shape index (κ3) is 10.8. The highest BCUT2D eigenvalue weighted by atomic mass is 31.2. The van der Waals surface area contributed by atoms with Crippen molar-refractivity contribution in [2.75, 3.05) is 33.9 Å². The number of amides is 1. The zero-order chi connectivity index (χ0) is 30.1. The molecule has 1 unspecified atom stereocenters. The smallest absolute Gasteiger partial charge is 0.322 e. The molecule has 222 valence electrons. The number of rotatable bonds is 15. The number of benzene rings is 3. The van der Waals surface area contributed by atoms with Gasteiger partial charge in [0.2, 0.25) is 14.4 Å². The van der Waals surface area contributed by atoms with Crippen molar-refractivity contribution in [1.29, 1.82) is 0 Å². The average Bonchev–Trinajstić information content (AvgIpc) is 3.01. The first-order valence-electron chi connectivity index (χ1n) is 12.8. The number of hydrogen-bond donors (Lipinski definition) is 6. The fourth-order valence-corrected chi connectivity index (χ4v) is 4.35. The van der Waals surface area contributed by atoms with Gasteiger partial charge in [0.25, 0.3) is 0 Å². The number of carbonyl (C=O) groups is 2. The van der Waals surface area contributed by atoms with Crippen LogP contribution in [-0.2, 0) is 24.7 Å². The minimum atomic E-state index is -2.12. The summed E-state index contributed by atoms with van der Waals surface area (Å²) in [7, 11) is 1.15. The van der Waals surface area contributed by atoms with E-state index in [4.69, 9.17) is 34.8 Å². The van der Waals surface area contributed by atoms with Gasteiger partial charge in [-0.15, -0.1) is 0 Å². The second-order valence-corrected chi connectivity index (χ2v) is 9.53. The fraction of sp³-hybridized carbons (Fsp3) is 0.310. The SMILES string of the molecule is COc1ccc(C(OC(CCCNP(O)O)OC)(c2ccccc2)c2ccccc2)cc1.NCC(=O)NCC(=O)O. The molecule has 0 aliphatic heterocycles. The first-order valence-corrected chi connectivity index (χ1v) is 14.1. The largest absolute Gasteiger partial charge is 0.497 e. The summed E-state index contributed by atoms with van der Waals surface area (Å²) in [6.07, 6.45) is 0.702. The minimum Gasteiger partial charge on any atom is -0.497 e. The number of carboxylic acids is 1. The molecule has 0 saturated heterocycles. The van der Waals surface area contributed by atoms with Gasteiger partial charge in [0.15, 0.2) is 6.29 Å². The van der Waals surface area contributed by atoms with Crippen molar-refractivity contribution in [3.8, 4) is 5.75 Å². The quantitative estimate of drug-likeness (QED) is 0.0672. The number of carbonyl (C=O) groups excluding carboxylic acids is 1. The van der Waals surface area contributed by atoms with Crippen molar-refractivity contribution >= 4 is 20.4 Å². The molecule has 3 aromatic carbocycles. The number of hydrogen-bond acceptors (Lipinski definition) is 9. The summed E-state index contributed by atoms with van der Waals surface area (Å²) in [5.74, 6) is -0.767. The van der Waals surface area contributed by atoms with Crippen LogP contribution in [0.15, 0.2) is 84.9 Å². The molecule has 41 heavy (non-hydrogen) atoms. The zero-order valence-electron chi connectivity index (χ0n) is 23.1. The van der Waals surface area contributed by atoms with Crippen molar-refractivity contribution < 1.29 is 38.7 Å². The summed E-state index contributed by atoms with van der Waals surface area (Å²) >= 11 is 0. The van der Waals surface area contributed by atoms with Gasteiger partial charge in [0.05, 0.1) is 13.7 Å². The molecule has 0 spiro atoms. The summed E-state index contributed by atoms with van der Waals surface area (Å²) in [6.45, 7) is -0.0859. The number of methoxy groups -OCH3 is 2. The Morgan fingerprint density at radius 1 is 0.902 bits per heavy atom. The molecule has 0 aliphatic rings. The van der Waals surface area contributed by atoms with Gasteiger partial charge in [0.1, 0.15) is 17.9 Å². The van der Waals surface area contributed by atoms with Gasteiger partial charge in [-0.3, -0.25) is 14.7 Å². The van der Waals surface area contributed by atoms with Crippen molar-refractivity contribution in [2.45, 2.75) is 24.7 Å². The van der Waals surface area contributed by atoms with Crippen LogP contribution in [0.2, 0.25) is 0 Å². The van der Waals surface area contributed by atoms with E-state index in [2.05, 4.69) is 34.7 Å². The Morgan fingerprint density at radius 2 is 1.44 bits per heavy atom. The first kappa shape index (κ1) is 33.8. The zero-order valence-corrected chi connectivity index (χ0v) is 24.0. The van der Waals surface area contributed by atoms with Gasteiger partial charge < -0.3 is 40.2 Å². The summed E-state index contributed by atoms with van der Waals surface area (Å²) in [6, 6.07) is 28.0. The van der Waals surface area contributed by atoms with Gasteiger partial charge in [-0.25, -0.2) is 0 Å². The second-order valence-electron chi connectivity index (χ2n) is 8.64. The van der Waals surface area contributed by atoms with Crippen molar-refractivity contribution in [2.24, 2.45) is 5.73 Å². The second kappa shape index (κ2) is 18.1. The molecule has 0 radical (unpaired) electrons. The van der Waals surface area contributed by atoms with E-state index >= 15 is 0 Å². The predicted molar refractivity (Wildman–Crippen MR) is 156 cm³/mol. The maximum Gasteiger partial charge on any atom is 0.322 e. The fourth-order valence-electron chi connectivity index (χ4n) is 3.99. The van der Waals surface area contributed by atoms with Crippen LogP contribution in [0.4, 0.5) is 0 Å². The Hall–Kier alpha value is -3.41. The van der Waals surface area contributed by atoms with E-state index in [9.17, 15) is 9.59 Å². The number of nitrogens with one attached hydrogen (secondary N) is 2. The topological polar surface area (TPSA) is 173 Å². The van der Waals surface area contributed by atoms with Crippen molar-refractivity contribution in [3.05, 3.63) is 102 Å². The number of ether oxygens (including phenoxy) is 3. The molecule has 12 heteroatoms. The Balaban J connectivity index is 0.000000564. The Kier molecular flexibility index (Phi) is 14.9. The summed E-state index contributed by atoms with van der Waals surface area (Å²) in [4.78, 5) is 38.2. The molecule has 0 aromatic heterocycles. The standard InChI is InChI=1S/C25H30NO5P.C4H8N2O3/c1-29-23-17-15-22(16-18-23)25(20-10-5-3-6-11-20,21-12-7-4-8-13-21)31-24(30-2)14-9-19-26-32(27)28;5-1-3(7)6-2-4(8)9/h3-8,10-13,15-18,24,26-28H,9,14,19H2,1-2H3;1-2,5H2,(H,6,7)(H,8,9). The van der Waals surface area contributed by atoms with Crippen LogP contribution >= 0.6 is 8.53 Å². The molecule has 0 saturated carbocycles. The van der Waals surface area contributed by atoms with Gasteiger partial charge in [0, 0.05) is 13.7 Å². The van der Waals surface area contributed by atoms with Crippen LogP contribution < -0.4 is 20.9 Å². The van der Waals surface area contributed by atoms with E-state index in [0.717, 1.165) is 22.4 Å². The molecular formula is C29H38N3O8P. The van der Waals surface area contributed by atoms with Crippen LogP contribution in [0.25, 0.3) is 0 Å². The molecule has 1 amide bonds. The van der Waals surface area contributed by atoms with E-state index in [0.29, 0.717) is 19.4 Å². The van der Waals surface area contributed by atoms with Crippen molar-refractivity contribution in [1.82, 2.24) is 10.4 Å². The average molecular weight is 588 g/mol. The van der Waals surface area contributed by atoms with Gasteiger partial charge in [-0.1, -0.05) is 72.8 Å². The molecule has 3 rings (SSSR count). The molecule has 0 aliphatic carbocycles. The summed E-state index contributed by atoms with van der Waals surface area (Å²) in [5.41, 5.74) is 6.84. The highest BCUT2D eigenvalue weighted by Crippen LogP contribution is 2.42. The molecule has 7 N–H and O–H groups in total. The van der Waals surface area contributed by atoms with Crippen molar-refractivity contribution in [3.63, 3.8) is 0 Å². The maximum atomic E-state index is 10.2. The van der Waals surface area contributed by atoms with Crippen LogP contribution in [0.3, 0.4) is 0 Å². The van der Waals surface area contributed by atoms with Crippen LogP contribution in [0, 0.1) is 0 Å². The van der Waals surface area contributed by atoms with Crippen LogP contribution in [0.1, 0.15) is 29.5 Å². The Bertz CT molecular complexity index is 1130. The Labute approximate surface area is 241 Å². The lowest BCUT2D eigenvalue weighted by Crippen LogP contribution is -2.38. The number of carboxylic acid groups (broad SMARTS) is 1. The first-order chi connectivity index (χ1) is 19.8. The predicted octanol–water partition coefficient (Wildman–Crippen LogP) is 2.70. The normalized spacial score (nSPS) is 11.8. The molecule has 1 atom stereocenters. The van der Waals surface area contributed by atoms with Gasteiger partial charge in [-0.05, 0) is 41.7 Å². The number of aliphatic carboxylic acids is 1. The molecule has 0 fully saturated rings. The van der Waals surface area contributed by atoms with E-state index < -0.39 is 32.3 Å². The van der Waals surface area contributed by atoms with Gasteiger partial charge in [-0.2, -0.15) is 0 Å². The molecule has 11 nitrogen and oxygen atoms in total. The lowest BCUT2D eigenvalue weighted by Gasteiger charge is -2.38. The molecule has 3 aromatic rings. The maximum absolute atomic E-state index is 10.2. The minimum absolute atomic E-state index is 0.173. The summed E-state index contributed by atoms with van der Waals surface area (Å²) in [5, 5.41) is 12.7. The van der Waals surface area contributed by atoms with E-state index in [1.54, 1.807) is 14.2 Å². The summed E-state index contributed by atoms with van der Waals surface area (Å²) < 4.78 is 17.9. The Morgan fingerprint density at radius 3 is 1.88 bits per heavy atom. The third-order valence-electron chi connectivity index (χ3n) is 5.92. The lowest BCUT2D eigenvalue weighted by atomic mass is 9.80. The third-order valence-corrected chi connectivity index (χ3v) is 6.43. The lowest BCUT2D eigenvalue weighted by molar-refractivity contribution is -0.179. The molecule has 0 bridgehead atoms. The highest BCUT2D eigenvalue weighted by Gasteiger charge is 2.40. The highest BCUT2D eigenvalue weighted by molar-refractivity contribution is 7.42. The van der Waals surface area contributed by atoms with E-state index in [-0.39, 0.29) is 13.1 Å². The molecule has 0 heterocycles. The van der Waals surface area contributed by atoms with Crippen LogP contribution in [0.5, 0.6) is 5.75 Å². The number of nitrogens with two attached hydrogens (primary N) is 1. The van der Waals surface area contributed by atoms with Crippen LogP contribution in [-0.4, -0.2) is 66.9 Å². The van der Waals surface area contributed by atoms with Gasteiger partial charge >= 0.3 is 5.97 Å².